The van der Waals surface area contributed by atoms with Gasteiger partial charge in [-0.3, -0.25) is 4.72 Å². The van der Waals surface area contributed by atoms with Crippen LogP contribution in [0.1, 0.15) is 37.0 Å². The summed E-state index contributed by atoms with van der Waals surface area (Å²) in [6.45, 7) is 5.27. The highest BCUT2D eigenvalue weighted by atomic mass is 35.5. The first kappa shape index (κ1) is 22.8. The molecular weight excluding hydrogens is 418 g/mol. The highest BCUT2D eigenvalue weighted by Crippen LogP contribution is 2.29. The number of carboxylic acid groups (broad SMARTS) is 1. The normalized spacial score (nSPS) is 11.2. The molecule has 2 aromatic rings. The first-order valence-electron chi connectivity index (χ1n) is 9.08. The van der Waals surface area contributed by atoms with E-state index in [1.165, 1.54) is 37.6 Å². The molecule has 8 nitrogen and oxygen atoms in total. The van der Waals surface area contributed by atoms with Crippen LogP contribution < -0.4 is 14.4 Å². The van der Waals surface area contributed by atoms with Crippen molar-refractivity contribution in [1.82, 2.24) is 4.98 Å². The third-order valence-electron chi connectivity index (χ3n) is 4.05. The first-order chi connectivity index (χ1) is 13.7. The number of hydrogen-bond acceptors (Lipinski definition) is 6. The van der Waals surface area contributed by atoms with Gasteiger partial charge in [0.15, 0.2) is 0 Å². The molecule has 0 saturated heterocycles. The van der Waals surface area contributed by atoms with Crippen molar-refractivity contribution in [2.24, 2.45) is 0 Å². The van der Waals surface area contributed by atoms with Crippen molar-refractivity contribution < 1.29 is 23.1 Å². The van der Waals surface area contributed by atoms with Gasteiger partial charge in [-0.25, -0.2) is 18.2 Å². The minimum atomic E-state index is -4.08. The Morgan fingerprint density at radius 1 is 1.24 bits per heavy atom. The van der Waals surface area contributed by atoms with Gasteiger partial charge in [-0.1, -0.05) is 25.4 Å². The highest BCUT2D eigenvalue weighted by molar-refractivity contribution is 7.92. The molecule has 158 valence electrons. The summed E-state index contributed by atoms with van der Waals surface area (Å²) in [4.78, 5) is 17.7. The monoisotopic (exact) mass is 441 g/mol. The van der Waals surface area contributed by atoms with Crippen LogP contribution in [0.5, 0.6) is 5.75 Å². The molecule has 0 fully saturated rings. The van der Waals surface area contributed by atoms with Crippen molar-refractivity contribution in [1.29, 1.82) is 0 Å². The average Bonchev–Trinajstić information content (AvgIpc) is 2.67. The summed E-state index contributed by atoms with van der Waals surface area (Å²) in [6, 6.07) is 5.47. The van der Waals surface area contributed by atoms with Crippen LogP contribution >= 0.6 is 11.6 Å². The molecule has 0 amide bonds. The Morgan fingerprint density at radius 2 is 1.90 bits per heavy atom. The van der Waals surface area contributed by atoms with Crippen molar-refractivity contribution in [3.05, 3.63) is 41.0 Å². The van der Waals surface area contributed by atoms with Crippen molar-refractivity contribution in [2.75, 3.05) is 29.8 Å². The van der Waals surface area contributed by atoms with E-state index in [1.807, 2.05) is 18.7 Å². The Hall–Kier alpha value is -2.52. The maximum absolute atomic E-state index is 12.8. The fourth-order valence-corrected chi connectivity index (χ4v) is 4.32. The van der Waals surface area contributed by atoms with Gasteiger partial charge in [-0.05, 0) is 37.1 Å². The highest BCUT2D eigenvalue weighted by Gasteiger charge is 2.23. The number of ether oxygens (including phenoxy) is 1. The number of nitrogens with one attached hydrogen (secondary N) is 1. The molecular formula is C19H24ClN3O5S. The second kappa shape index (κ2) is 9.80. The van der Waals surface area contributed by atoms with Gasteiger partial charge in [0.1, 0.15) is 22.0 Å². The van der Waals surface area contributed by atoms with E-state index in [2.05, 4.69) is 9.71 Å². The van der Waals surface area contributed by atoms with Gasteiger partial charge in [0.2, 0.25) is 0 Å². The van der Waals surface area contributed by atoms with Crippen LogP contribution in [0.15, 0.2) is 35.4 Å². The number of methoxy groups -OCH3 is 1. The lowest BCUT2D eigenvalue weighted by Gasteiger charge is -2.24. The molecule has 0 aliphatic rings. The summed E-state index contributed by atoms with van der Waals surface area (Å²) in [5.41, 5.74) is -0.0497. The van der Waals surface area contributed by atoms with Crippen LogP contribution in [-0.4, -0.2) is 44.7 Å². The molecule has 1 aromatic carbocycles. The summed E-state index contributed by atoms with van der Waals surface area (Å²) >= 11 is 5.92. The van der Waals surface area contributed by atoms with Crippen molar-refractivity contribution in [2.45, 2.75) is 31.6 Å². The molecule has 1 aromatic heterocycles. The molecule has 0 atom stereocenters. The Morgan fingerprint density at radius 3 is 2.45 bits per heavy atom. The predicted octanol–water partition coefficient (Wildman–Crippen LogP) is 3.87. The number of pyridine rings is 1. The zero-order valence-electron chi connectivity index (χ0n) is 16.5. The number of aromatic carboxylic acids is 1. The molecule has 2 N–H and O–H groups in total. The van der Waals surface area contributed by atoms with Crippen LogP contribution in [0.3, 0.4) is 0 Å². The van der Waals surface area contributed by atoms with E-state index in [1.54, 1.807) is 0 Å². The topological polar surface area (TPSA) is 109 Å². The molecule has 1 heterocycles. The largest absolute Gasteiger partial charge is 0.495 e. The smallest absolute Gasteiger partial charge is 0.339 e. The van der Waals surface area contributed by atoms with E-state index >= 15 is 0 Å². The number of benzene rings is 1. The first-order valence-corrected chi connectivity index (χ1v) is 10.9. The van der Waals surface area contributed by atoms with Crippen LogP contribution in [-0.2, 0) is 10.0 Å². The maximum Gasteiger partial charge on any atom is 0.339 e. The Labute approximate surface area is 175 Å². The number of aromatic nitrogens is 1. The third-order valence-corrected chi connectivity index (χ3v) is 5.69. The molecule has 0 bridgehead atoms. The number of carboxylic acids is 1. The van der Waals surface area contributed by atoms with Crippen molar-refractivity contribution in [3.8, 4) is 5.75 Å². The predicted molar refractivity (Wildman–Crippen MR) is 113 cm³/mol. The van der Waals surface area contributed by atoms with Gasteiger partial charge in [-0.2, -0.15) is 0 Å². The average molecular weight is 442 g/mol. The summed E-state index contributed by atoms with van der Waals surface area (Å²) in [6.07, 6.45) is 2.95. The third kappa shape index (κ3) is 5.51. The molecule has 2 rings (SSSR count). The SMILES string of the molecule is CCCN(CCC)c1ncc(NS(=O)(=O)c2cc(Cl)ccc2OC)cc1C(=O)O. The van der Waals surface area contributed by atoms with Gasteiger partial charge in [0, 0.05) is 18.1 Å². The molecule has 0 unspecified atom stereocenters. The lowest BCUT2D eigenvalue weighted by Crippen LogP contribution is -2.28. The van der Waals surface area contributed by atoms with Gasteiger partial charge in [-0.15, -0.1) is 0 Å². The van der Waals surface area contributed by atoms with E-state index in [0.29, 0.717) is 18.9 Å². The number of carbonyl (C=O) groups is 1. The second-order valence-electron chi connectivity index (χ2n) is 6.29. The number of halogens is 1. The van der Waals surface area contributed by atoms with Crippen molar-refractivity contribution >= 4 is 39.1 Å². The Kier molecular flexibility index (Phi) is 7.69. The lowest BCUT2D eigenvalue weighted by molar-refractivity contribution is 0.0697. The van der Waals surface area contributed by atoms with Gasteiger partial charge in [0.05, 0.1) is 19.0 Å². The molecule has 0 radical (unpaired) electrons. The molecule has 0 saturated carbocycles. The van der Waals surface area contributed by atoms with Crippen LogP contribution in [0.2, 0.25) is 5.02 Å². The number of hydrogen-bond donors (Lipinski definition) is 2. The summed E-state index contributed by atoms with van der Waals surface area (Å²) < 4.78 is 33.1. The van der Waals surface area contributed by atoms with E-state index in [4.69, 9.17) is 16.3 Å². The zero-order valence-corrected chi connectivity index (χ0v) is 18.0. The maximum atomic E-state index is 12.8. The minimum Gasteiger partial charge on any atom is -0.495 e. The van der Waals surface area contributed by atoms with Gasteiger partial charge >= 0.3 is 5.97 Å². The van der Waals surface area contributed by atoms with Crippen LogP contribution in [0, 0.1) is 0 Å². The van der Waals surface area contributed by atoms with Crippen LogP contribution in [0.25, 0.3) is 0 Å². The van der Waals surface area contributed by atoms with Crippen LogP contribution in [0.4, 0.5) is 11.5 Å². The van der Waals surface area contributed by atoms with E-state index in [0.717, 1.165) is 12.8 Å². The fourth-order valence-electron chi connectivity index (χ4n) is 2.86. The second-order valence-corrected chi connectivity index (χ2v) is 8.38. The summed E-state index contributed by atoms with van der Waals surface area (Å²) in [5, 5.41) is 9.85. The minimum absolute atomic E-state index is 0.0288. The number of anilines is 2. The molecule has 0 spiro atoms. The van der Waals surface area contributed by atoms with E-state index < -0.39 is 16.0 Å². The Balaban J connectivity index is 2.45. The van der Waals surface area contributed by atoms with Crippen molar-refractivity contribution in [3.63, 3.8) is 0 Å². The quantitative estimate of drug-likeness (QED) is 0.576. The lowest BCUT2D eigenvalue weighted by atomic mass is 10.2. The molecule has 0 aliphatic carbocycles. The zero-order chi connectivity index (χ0) is 21.6. The van der Waals surface area contributed by atoms with E-state index in [9.17, 15) is 18.3 Å². The number of sulfonamides is 1. The molecule has 10 heteroatoms. The van der Waals surface area contributed by atoms with Gasteiger partial charge < -0.3 is 14.7 Å². The standard InChI is InChI=1S/C19H24ClN3O5S/c1-4-8-23(9-5-2)18-15(19(24)25)11-14(12-21-18)22-29(26,27)17-10-13(20)6-7-16(17)28-3/h6-7,10-12,22H,4-5,8-9H2,1-3H3,(H,24,25). The molecule has 29 heavy (non-hydrogen) atoms. The number of nitrogens with zero attached hydrogens (tertiary/aromatic N) is 2. The Bertz CT molecular complexity index is 976. The molecule has 0 aliphatic heterocycles. The summed E-state index contributed by atoms with van der Waals surface area (Å²) in [7, 11) is -2.74. The number of rotatable bonds is 10. The van der Waals surface area contributed by atoms with Gasteiger partial charge in [0.25, 0.3) is 10.0 Å². The fraction of sp³-hybridized carbons (Fsp3) is 0.368. The summed E-state index contributed by atoms with van der Waals surface area (Å²) in [5.74, 6) is -0.766. The van der Waals surface area contributed by atoms with E-state index in [-0.39, 0.29) is 26.9 Å².